The molecule has 0 radical (unpaired) electrons. The minimum absolute atomic E-state index is 0.198. The summed E-state index contributed by atoms with van der Waals surface area (Å²) < 4.78 is 12.3. The highest BCUT2D eigenvalue weighted by atomic mass is 35.5. The fourth-order valence-corrected chi connectivity index (χ4v) is 5.38. The molecule has 0 aromatic heterocycles. The van der Waals surface area contributed by atoms with Gasteiger partial charge in [0.05, 0.1) is 13.2 Å². The number of anilines is 2. The van der Waals surface area contributed by atoms with E-state index in [2.05, 4.69) is 10.6 Å². The average molecular weight is 494 g/mol. The zero-order valence-corrected chi connectivity index (χ0v) is 20.5. The third kappa shape index (κ3) is 3.65. The van der Waals surface area contributed by atoms with E-state index in [4.69, 9.17) is 33.3 Å². The number of methoxy groups -OCH3 is 1. The van der Waals surface area contributed by atoms with Crippen LogP contribution in [-0.4, -0.2) is 23.9 Å². The van der Waals surface area contributed by atoms with Crippen LogP contribution in [0, 0.1) is 12.8 Å². The lowest BCUT2D eigenvalue weighted by Crippen LogP contribution is -2.72. The van der Waals surface area contributed by atoms with Gasteiger partial charge >= 0.3 is 0 Å². The Morgan fingerprint density at radius 2 is 1.91 bits per heavy atom. The van der Waals surface area contributed by atoms with Crippen molar-refractivity contribution >= 4 is 46.2 Å². The van der Waals surface area contributed by atoms with Crippen molar-refractivity contribution < 1.29 is 14.3 Å². The third-order valence-corrected chi connectivity index (χ3v) is 6.92. The number of hydrogen-bond donors (Lipinski definition) is 2. The summed E-state index contributed by atoms with van der Waals surface area (Å²) in [6, 6.07) is 20.2. The molecule has 1 amide bonds. The summed E-state index contributed by atoms with van der Waals surface area (Å²) >= 11 is 11.8. The van der Waals surface area contributed by atoms with Crippen LogP contribution in [0.25, 0.3) is 0 Å². The van der Waals surface area contributed by atoms with Gasteiger partial charge in [-0.25, -0.2) is 0 Å². The number of hydrogen-bond acceptors (Lipinski definition) is 4. The van der Waals surface area contributed by atoms with Crippen molar-refractivity contribution in [3.8, 4) is 11.5 Å². The fourth-order valence-electron chi connectivity index (χ4n) is 4.84. The molecule has 1 fully saturated rings. The van der Waals surface area contributed by atoms with Crippen LogP contribution in [-0.2, 0) is 4.79 Å². The summed E-state index contributed by atoms with van der Waals surface area (Å²) in [6.45, 7) is 3.91. The lowest BCUT2D eigenvalue weighted by atomic mass is 9.78. The Bertz CT molecular complexity index is 1280. The molecule has 3 aromatic carbocycles. The quantitative estimate of drug-likeness (QED) is 0.471. The maximum absolute atomic E-state index is 13.8. The average Bonchev–Trinajstić information content (AvgIpc) is 2.79. The molecule has 2 bridgehead atoms. The highest BCUT2D eigenvalue weighted by molar-refractivity contribution is 7.80. The van der Waals surface area contributed by atoms with Gasteiger partial charge in [-0.15, -0.1) is 0 Å². The van der Waals surface area contributed by atoms with Crippen LogP contribution in [0.4, 0.5) is 11.4 Å². The molecule has 3 aromatic rings. The first-order valence-corrected chi connectivity index (χ1v) is 11.7. The molecule has 3 atom stereocenters. The zero-order valence-electron chi connectivity index (χ0n) is 19.0. The molecule has 6 nitrogen and oxygen atoms in total. The predicted molar refractivity (Wildman–Crippen MR) is 138 cm³/mol. The van der Waals surface area contributed by atoms with Gasteiger partial charge in [0.25, 0.3) is 0 Å². The highest BCUT2D eigenvalue weighted by Gasteiger charge is 2.59. The minimum Gasteiger partial charge on any atom is -0.493 e. The smallest absolute Gasteiger partial charge is 0.236 e. The molecule has 0 aliphatic carbocycles. The number of halogens is 1. The van der Waals surface area contributed by atoms with Gasteiger partial charge in [-0.2, -0.15) is 0 Å². The number of carbonyl (C=O) groups excluding carboxylic acids is 1. The Kier molecular flexibility index (Phi) is 5.62. The summed E-state index contributed by atoms with van der Waals surface area (Å²) in [4.78, 5) is 15.7. The molecule has 0 spiro atoms. The second-order valence-corrected chi connectivity index (χ2v) is 9.43. The van der Waals surface area contributed by atoms with Crippen molar-refractivity contribution in [2.24, 2.45) is 5.92 Å². The van der Waals surface area contributed by atoms with Gasteiger partial charge in [0, 0.05) is 22.0 Å². The van der Waals surface area contributed by atoms with Crippen molar-refractivity contribution in [3.63, 3.8) is 0 Å². The lowest BCUT2D eigenvalue weighted by Gasteiger charge is -2.56. The van der Waals surface area contributed by atoms with Gasteiger partial charge in [-0.3, -0.25) is 9.69 Å². The number of amides is 1. The minimum atomic E-state index is -1.13. The number of fused-ring (bicyclic) bond motifs is 4. The van der Waals surface area contributed by atoms with Gasteiger partial charge in [0.15, 0.2) is 22.3 Å². The number of benzene rings is 3. The Balaban J connectivity index is 1.65. The monoisotopic (exact) mass is 493 g/mol. The maximum Gasteiger partial charge on any atom is 0.236 e. The molecule has 1 saturated heterocycles. The van der Waals surface area contributed by atoms with E-state index in [-0.39, 0.29) is 5.91 Å². The first-order chi connectivity index (χ1) is 16.3. The van der Waals surface area contributed by atoms with Crippen LogP contribution in [0.2, 0.25) is 5.02 Å². The second kappa shape index (κ2) is 8.49. The number of thiocarbonyl (C=S) groups is 1. The number of rotatable bonds is 4. The summed E-state index contributed by atoms with van der Waals surface area (Å²) in [5, 5.41) is 7.53. The van der Waals surface area contributed by atoms with E-state index in [1.807, 2.05) is 61.2 Å². The molecule has 34 heavy (non-hydrogen) atoms. The number of carbonyl (C=O) groups is 1. The van der Waals surface area contributed by atoms with Crippen LogP contribution in [0.5, 0.6) is 11.5 Å². The van der Waals surface area contributed by atoms with Crippen molar-refractivity contribution in [1.29, 1.82) is 0 Å². The highest BCUT2D eigenvalue weighted by Crippen LogP contribution is 2.52. The number of ether oxygens (including phenoxy) is 2. The predicted octanol–water partition coefficient (Wildman–Crippen LogP) is 5.46. The molecule has 0 unspecified atom stereocenters. The van der Waals surface area contributed by atoms with Crippen LogP contribution >= 0.6 is 23.8 Å². The van der Waals surface area contributed by atoms with Gasteiger partial charge in [-0.1, -0.05) is 35.9 Å². The van der Waals surface area contributed by atoms with E-state index in [0.29, 0.717) is 27.3 Å². The zero-order chi connectivity index (χ0) is 24.0. The van der Waals surface area contributed by atoms with Crippen molar-refractivity contribution in [1.82, 2.24) is 5.32 Å². The third-order valence-electron chi connectivity index (χ3n) is 6.36. The van der Waals surface area contributed by atoms with E-state index in [0.717, 1.165) is 16.8 Å². The van der Waals surface area contributed by atoms with Crippen LogP contribution in [0.3, 0.4) is 0 Å². The van der Waals surface area contributed by atoms with Gasteiger partial charge in [-0.05, 0) is 74.1 Å². The molecule has 174 valence electrons. The summed E-state index contributed by atoms with van der Waals surface area (Å²) in [7, 11) is 1.60. The van der Waals surface area contributed by atoms with E-state index < -0.39 is 17.7 Å². The van der Waals surface area contributed by atoms with Gasteiger partial charge < -0.3 is 20.1 Å². The number of nitrogens with one attached hydrogen (secondary N) is 2. The number of para-hydroxylation sites is 1. The molecule has 8 heteroatoms. The number of nitrogens with zero attached hydrogens (tertiary/aromatic N) is 1. The lowest BCUT2D eigenvalue weighted by molar-refractivity contribution is -0.130. The summed E-state index contributed by atoms with van der Waals surface area (Å²) in [5.41, 5.74) is 2.25. The molecule has 0 saturated carbocycles. The Hall–Kier alpha value is -3.29. The summed E-state index contributed by atoms with van der Waals surface area (Å²) in [6.07, 6.45) is 0. The summed E-state index contributed by atoms with van der Waals surface area (Å²) in [5.74, 6) is 0.357. The Morgan fingerprint density at radius 1 is 1.18 bits per heavy atom. The normalized spacial score (nSPS) is 22.8. The Labute approximate surface area is 208 Å². The van der Waals surface area contributed by atoms with E-state index in [9.17, 15) is 4.79 Å². The first-order valence-electron chi connectivity index (χ1n) is 10.9. The van der Waals surface area contributed by atoms with Crippen molar-refractivity contribution in [2.45, 2.75) is 25.6 Å². The fraction of sp³-hybridized carbons (Fsp3) is 0.231. The standard InChI is InChI=1S/C26H24ClN3O3S/c1-15-6-4-7-18(14-15)30-25(34)29-22-19-8-5-9-20(32-3)23(19)33-26(30,2)21(22)24(31)28-17-12-10-16(27)11-13-17/h4-14,21-22H,1-3H3,(H,28,31)(H,29,34)/t21-,22+,26+/m0/s1. The maximum atomic E-state index is 13.8. The molecular weight excluding hydrogens is 470 g/mol. The molecule has 2 N–H and O–H groups in total. The molecule has 5 rings (SSSR count). The largest absolute Gasteiger partial charge is 0.493 e. The van der Waals surface area contributed by atoms with E-state index >= 15 is 0 Å². The molecule has 2 heterocycles. The van der Waals surface area contributed by atoms with E-state index in [1.54, 1.807) is 31.4 Å². The molecule has 2 aliphatic rings. The van der Waals surface area contributed by atoms with Crippen LogP contribution in [0.1, 0.15) is 24.1 Å². The second-order valence-electron chi connectivity index (χ2n) is 8.61. The van der Waals surface area contributed by atoms with Crippen molar-refractivity contribution in [3.05, 3.63) is 82.9 Å². The molecule has 2 aliphatic heterocycles. The van der Waals surface area contributed by atoms with Gasteiger partial charge in [0.2, 0.25) is 5.91 Å². The number of aryl methyl sites for hydroxylation is 1. The molecular formula is C26H24ClN3O3S. The SMILES string of the molecule is COc1cccc2c1O[C@]1(C)[C@H](C(=O)Nc3ccc(Cl)cc3)[C@@H]2NC(=S)N1c1cccc(C)c1. The van der Waals surface area contributed by atoms with Crippen LogP contribution < -0.4 is 25.0 Å². The van der Waals surface area contributed by atoms with Gasteiger partial charge in [0.1, 0.15) is 5.92 Å². The first kappa shape index (κ1) is 22.5. The van der Waals surface area contributed by atoms with Crippen LogP contribution in [0.15, 0.2) is 66.7 Å². The topological polar surface area (TPSA) is 62.8 Å². The van der Waals surface area contributed by atoms with E-state index in [1.165, 1.54) is 0 Å². The van der Waals surface area contributed by atoms with Crippen molar-refractivity contribution in [2.75, 3.05) is 17.3 Å². The Morgan fingerprint density at radius 3 is 2.62 bits per heavy atom.